The van der Waals surface area contributed by atoms with Crippen LogP contribution in [0.25, 0.3) is 22.2 Å². The molecule has 3 heteroatoms. The summed E-state index contributed by atoms with van der Waals surface area (Å²) < 4.78 is 5.23. The molecule has 2 aromatic heterocycles. The van der Waals surface area contributed by atoms with Crippen molar-refractivity contribution in [3.8, 4) is 11.3 Å². The number of rotatable bonds is 1. The standard InChI is InChI=1S/C12H8N2O/c1-2-6-11-10(5-1)12(14-15-11)9-4-3-7-13-8-9/h1-8H. The zero-order valence-corrected chi connectivity index (χ0v) is 7.92. The molecule has 0 aliphatic carbocycles. The minimum Gasteiger partial charge on any atom is -0.356 e. The molecular weight excluding hydrogens is 188 g/mol. The van der Waals surface area contributed by atoms with Crippen molar-refractivity contribution < 1.29 is 4.52 Å². The van der Waals surface area contributed by atoms with Crippen LogP contribution in [0, 0.1) is 0 Å². The summed E-state index contributed by atoms with van der Waals surface area (Å²) in [6.45, 7) is 0. The van der Waals surface area contributed by atoms with Crippen LogP contribution < -0.4 is 0 Å². The first-order valence-electron chi connectivity index (χ1n) is 4.70. The van der Waals surface area contributed by atoms with Crippen LogP contribution in [0.15, 0.2) is 53.3 Å². The Kier molecular flexibility index (Phi) is 1.75. The first-order valence-corrected chi connectivity index (χ1v) is 4.70. The van der Waals surface area contributed by atoms with Gasteiger partial charge in [-0.2, -0.15) is 0 Å². The second-order valence-electron chi connectivity index (χ2n) is 3.27. The van der Waals surface area contributed by atoms with Gasteiger partial charge in [-0.3, -0.25) is 4.98 Å². The third-order valence-electron chi connectivity index (χ3n) is 2.31. The monoisotopic (exact) mass is 196 g/mol. The van der Waals surface area contributed by atoms with E-state index in [0.29, 0.717) is 0 Å². The molecule has 0 atom stereocenters. The highest BCUT2D eigenvalue weighted by atomic mass is 16.5. The van der Waals surface area contributed by atoms with E-state index in [0.717, 1.165) is 22.2 Å². The van der Waals surface area contributed by atoms with Crippen LogP contribution in [-0.4, -0.2) is 10.1 Å². The third kappa shape index (κ3) is 1.29. The van der Waals surface area contributed by atoms with Gasteiger partial charge in [-0.1, -0.05) is 17.3 Å². The van der Waals surface area contributed by atoms with Crippen molar-refractivity contribution in [3.05, 3.63) is 48.8 Å². The molecule has 3 aromatic rings. The minimum atomic E-state index is 0.802. The molecule has 0 N–H and O–H groups in total. The zero-order chi connectivity index (χ0) is 10.1. The van der Waals surface area contributed by atoms with E-state index in [1.54, 1.807) is 12.4 Å². The van der Waals surface area contributed by atoms with Gasteiger partial charge in [0.25, 0.3) is 0 Å². The molecule has 0 fully saturated rings. The summed E-state index contributed by atoms with van der Waals surface area (Å²) in [5, 5.41) is 5.07. The Balaban J connectivity index is 2.28. The SMILES string of the molecule is c1cncc(-c2noc3ccccc23)c1. The largest absolute Gasteiger partial charge is 0.356 e. The molecule has 0 aliphatic rings. The summed E-state index contributed by atoms with van der Waals surface area (Å²) in [5.74, 6) is 0. The van der Waals surface area contributed by atoms with E-state index < -0.39 is 0 Å². The Hall–Kier alpha value is -2.16. The van der Waals surface area contributed by atoms with Crippen LogP contribution in [0.2, 0.25) is 0 Å². The van der Waals surface area contributed by atoms with E-state index in [9.17, 15) is 0 Å². The molecule has 3 nitrogen and oxygen atoms in total. The minimum absolute atomic E-state index is 0.802. The van der Waals surface area contributed by atoms with Gasteiger partial charge in [0, 0.05) is 23.3 Å². The summed E-state index contributed by atoms with van der Waals surface area (Å²) in [5.41, 5.74) is 2.62. The van der Waals surface area contributed by atoms with Crippen LogP contribution in [0.1, 0.15) is 0 Å². The maximum atomic E-state index is 5.23. The van der Waals surface area contributed by atoms with E-state index >= 15 is 0 Å². The molecule has 0 radical (unpaired) electrons. The molecule has 0 amide bonds. The molecule has 0 spiro atoms. The highest BCUT2D eigenvalue weighted by Gasteiger charge is 2.08. The van der Waals surface area contributed by atoms with Gasteiger partial charge in [-0.15, -0.1) is 0 Å². The van der Waals surface area contributed by atoms with Gasteiger partial charge in [0.15, 0.2) is 5.58 Å². The van der Waals surface area contributed by atoms with Gasteiger partial charge in [0.1, 0.15) is 5.69 Å². The molecule has 0 aliphatic heterocycles. The molecule has 0 unspecified atom stereocenters. The molecule has 2 heterocycles. The topological polar surface area (TPSA) is 38.9 Å². The number of hydrogen-bond donors (Lipinski definition) is 0. The summed E-state index contributed by atoms with van der Waals surface area (Å²) in [6.07, 6.45) is 3.52. The number of para-hydroxylation sites is 1. The second kappa shape index (κ2) is 3.20. The summed E-state index contributed by atoms with van der Waals surface area (Å²) >= 11 is 0. The van der Waals surface area contributed by atoms with Crippen molar-refractivity contribution in [2.24, 2.45) is 0 Å². The quantitative estimate of drug-likeness (QED) is 0.600. The highest BCUT2D eigenvalue weighted by molar-refractivity contribution is 5.91. The van der Waals surface area contributed by atoms with Crippen LogP contribution in [-0.2, 0) is 0 Å². The van der Waals surface area contributed by atoms with Crippen LogP contribution in [0.4, 0.5) is 0 Å². The van der Waals surface area contributed by atoms with Gasteiger partial charge in [-0.05, 0) is 24.3 Å². The van der Waals surface area contributed by atoms with Crippen LogP contribution >= 0.6 is 0 Å². The third-order valence-corrected chi connectivity index (χ3v) is 2.31. The highest BCUT2D eigenvalue weighted by Crippen LogP contribution is 2.26. The van der Waals surface area contributed by atoms with E-state index in [2.05, 4.69) is 10.1 Å². The average molecular weight is 196 g/mol. The average Bonchev–Trinajstić information content (AvgIpc) is 2.74. The second-order valence-corrected chi connectivity index (χ2v) is 3.27. The Bertz CT molecular complexity index is 587. The van der Waals surface area contributed by atoms with Crippen LogP contribution in [0.3, 0.4) is 0 Å². The summed E-state index contributed by atoms with van der Waals surface area (Å²) in [4.78, 5) is 4.07. The first-order chi connectivity index (χ1) is 7.45. The van der Waals surface area contributed by atoms with E-state index in [1.807, 2.05) is 36.4 Å². The molecule has 3 rings (SSSR count). The van der Waals surface area contributed by atoms with Gasteiger partial charge in [-0.25, -0.2) is 0 Å². The first kappa shape index (κ1) is 8.17. The van der Waals surface area contributed by atoms with Gasteiger partial charge in [0.2, 0.25) is 0 Å². The summed E-state index contributed by atoms with van der Waals surface area (Å²) in [6, 6.07) is 11.7. The fourth-order valence-electron chi connectivity index (χ4n) is 1.60. The smallest absolute Gasteiger partial charge is 0.167 e. The fourth-order valence-corrected chi connectivity index (χ4v) is 1.60. The number of nitrogens with zero attached hydrogens (tertiary/aromatic N) is 2. The van der Waals surface area contributed by atoms with Crippen molar-refractivity contribution in [2.45, 2.75) is 0 Å². The molecule has 1 aromatic carbocycles. The maximum Gasteiger partial charge on any atom is 0.167 e. The Morgan fingerprint density at radius 3 is 2.80 bits per heavy atom. The van der Waals surface area contributed by atoms with Crippen molar-refractivity contribution in [1.29, 1.82) is 0 Å². The van der Waals surface area contributed by atoms with Gasteiger partial charge < -0.3 is 4.52 Å². The van der Waals surface area contributed by atoms with Crippen molar-refractivity contribution in [1.82, 2.24) is 10.1 Å². The lowest BCUT2D eigenvalue weighted by Gasteiger charge is -1.93. The predicted octanol–water partition coefficient (Wildman–Crippen LogP) is 2.89. The lowest BCUT2D eigenvalue weighted by molar-refractivity contribution is 0.459. The number of aromatic nitrogens is 2. The number of pyridine rings is 1. The normalized spacial score (nSPS) is 10.7. The fraction of sp³-hybridized carbons (Fsp3) is 0. The van der Waals surface area contributed by atoms with Gasteiger partial charge in [0.05, 0.1) is 0 Å². The summed E-state index contributed by atoms with van der Waals surface area (Å²) in [7, 11) is 0. The van der Waals surface area contributed by atoms with Crippen molar-refractivity contribution >= 4 is 11.0 Å². The molecule has 72 valence electrons. The molecular formula is C12H8N2O. The molecule has 0 saturated carbocycles. The number of hydrogen-bond acceptors (Lipinski definition) is 3. The van der Waals surface area contributed by atoms with E-state index in [-0.39, 0.29) is 0 Å². The van der Waals surface area contributed by atoms with Crippen LogP contribution in [0.5, 0.6) is 0 Å². The van der Waals surface area contributed by atoms with Gasteiger partial charge >= 0.3 is 0 Å². The Labute approximate surface area is 86.4 Å². The van der Waals surface area contributed by atoms with E-state index in [4.69, 9.17) is 4.52 Å². The van der Waals surface area contributed by atoms with E-state index in [1.165, 1.54) is 0 Å². The number of fused-ring (bicyclic) bond motifs is 1. The number of benzene rings is 1. The molecule has 0 saturated heterocycles. The Morgan fingerprint density at radius 2 is 1.93 bits per heavy atom. The predicted molar refractivity (Wildman–Crippen MR) is 57.2 cm³/mol. The maximum absolute atomic E-state index is 5.23. The van der Waals surface area contributed by atoms with Crippen molar-refractivity contribution in [3.63, 3.8) is 0 Å². The lowest BCUT2D eigenvalue weighted by atomic mass is 10.1. The zero-order valence-electron chi connectivity index (χ0n) is 7.92. The Morgan fingerprint density at radius 1 is 1.00 bits per heavy atom. The molecule has 15 heavy (non-hydrogen) atoms. The molecule has 0 bridgehead atoms. The lowest BCUT2D eigenvalue weighted by Crippen LogP contribution is -1.78. The van der Waals surface area contributed by atoms with Crippen molar-refractivity contribution in [2.75, 3.05) is 0 Å².